The Morgan fingerprint density at radius 1 is 1.17 bits per heavy atom. The molecule has 126 valence electrons. The summed E-state index contributed by atoms with van der Waals surface area (Å²) < 4.78 is 28.0. The molecule has 24 heavy (non-hydrogen) atoms. The van der Waals surface area contributed by atoms with Crippen molar-refractivity contribution >= 4 is 28.9 Å². The lowest BCUT2D eigenvalue weighted by atomic mass is 9.80. The molecular weight excluding hydrogens is 334 g/mol. The Labute approximate surface area is 144 Å². The second kappa shape index (κ2) is 5.74. The molecule has 0 radical (unpaired) electrons. The molecule has 1 atom stereocenters. The standard InChI is InChI=1S/C18H17ClF2N2O/c1-18(2)10-6-4-5-7-14(10)23(16(18)17(24)22-3)15-8-11(19)12(20)9-13(15)21/h4-9,16H,1-3H3,(H,22,24). The van der Waals surface area contributed by atoms with Crippen molar-refractivity contribution in [2.45, 2.75) is 25.3 Å². The number of benzene rings is 2. The molecule has 1 N–H and O–H groups in total. The first-order valence-corrected chi connectivity index (χ1v) is 7.91. The van der Waals surface area contributed by atoms with Crippen LogP contribution in [0.3, 0.4) is 0 Å². The van der Waals surface area contributed by atoms with E-state index in [1.54, 1.807) is 4.90 Å². The van der Waals surface area contributed by atoms with Gasteiger partial charge < -0.3 is 10.2 Å². The van der Waals surface area contributed by atoms with Gasteiger partial charge in [-0.25, -0.2) is 8.78 Å². The van der Waals surface area contributed by atoms with Crippen LogP contribution in [0.1, 0.15) is 19.4 Å². The molecule has 3 rings (SSSR count). The van der Waals surface area contributed by atoms with Crippen LogP contribution >= 0.6 is 11.6 Å². The second-order valence-electron chi connectivity index (χ2n) is 6.34. The number of rotatable bonds is 2. The van der Waals surface area contributed by atoms with E-state index in [2.05, 4.69) is 5.32 Å². The number of nitrogens with one attached hydrogen (secondary N) is 1. The van der Waals surface area contributed by atoms with Gasteiger partial charge in [0.15, 0.2) is 0 Å². The maximum atomic E-state index is 14.5. The Morgan fingerprint density at radius 2 is 1.83 bits per heavy atom. The molecule has 2 aromatic rings. The molecule has 1 amide bonds. The minimum Gasteiger partial charge on any atom is -0.357 e. The molecule has 0 spiro atoms. The topological polar surface area (TPSA) is 32.3 Å². The van der Waals surface area contributed by atoms with Crippen molar-refractivity contribution < 1.29 is 13.6 Å². The first-order valence-electron chi connectivity index (χ1n) is 7.54. The third-order valence-electron chi connectivity index (χ3n) is 4.54. The molecule has 0 saturated heterocycles. The van der Waals surface area contributed by atoms with Gasteiger partial charge in [0.25, 0.3) is 0 Å². The van der Waals surface area contributed by atoms with E-state index in [0.717, 1.165) is 11.6 Å². The summed E-state index contributed by atoms with van der Waals surface area (Å²) in [5.74, 6) is -1.85. The zero-order chi connectivity index (χ0) is 17.6. The van der Waals surface area contributed by atoms with E-state index in [1.165, 1.54) is 13.1 Å². The molecule has 1 heterocycles. The van der Waals surface area contributed by atoms with Gasteiger partial charge >= 0.3 is 0 Å². The van der Waals surface area contributed by atoms with Crippen LogP contribution in [0.4, 0.5) is 20.2 Å². The van der Waals surface area contributed by atoms with Crippen molar-refractivity contribution in [1.82, 2.24) is 5.32 Å². The van der Waals surface area contributed by atoms with E-state index in [-0.39, 0.29) is 16.6 Å². The maximum Gasteiger partial charge on any atom is 0.243 e. The van der Waals surface area contributed by atoms with Crippen LogP contribution < -0.4 is 10.2 Å². The van der Waals surface area contributed by atoms with Gasteiger partial charge in [0.2, 0.25) is 5.91 Å². The number of carbonyl (C=O) groups is 1. The number of nitrogens with zero attached hydrogens (tertiary/aromatic N) is 1. The SMILES string of the molecule is CNC(=O)C1N(c2cc(Cl)c(F)cc2F)c2ccccc2C1(C)C. The Morgan fingerprint density at radius 3 is 2.50 bits per heavy atom. The van der Waals surface area contributed by atoms with E-state index >= 15 is 0 Å². The van der Waals surface area contributed by atoms with Gasteiger partial charge in [-0.2, -0.15) is 0 Å². The van der Waals surface area contributed by atoms with Crippen molar-refractivity contribution in [3.05, 3.63) is 58.6 Å². The quantitative estimate of drug-likeness (QED) is 0.825. The van der Waals surface area contributed by atoms with Crippen molar-refractivity contribution in [1.29, 1.82) is 0 Å². The third kappa shape index (κ3) is 2.35. The Bertz CT molecular complexity index is 823. The van der Waals surface area contributed by atoms with Crippen molar-refractivity contribution in [2.75, 3.05) is 11.9 Å². The zero-order valence-electron chi connectivity index (χ0n) is 13.5. The minimum atomic E-state index is -0.832. The number of carbonyl (C=O) groups excluding carboxylic acids is 1. The van der Waals surface area contributed by atoms with Gasteiger partial charge in [-0.1, -0.05) is 43.6 Å². The zero-order valence-corrected chi connectivity index (χ0v) is 14.3. The van der Waals surface area contributed by atoms with Gasteiger partial charge in [0.05, 0.1) is 10.7 Å². The summed E-state index contributed by atoms with van der Waals surface area (Å²) in [6, 6.07) is 8.70. The molecule has 6 heteroatoms. The number of hydrogen-bond acceptors (Lipinski definition) is 2. The first-order chi connectivity index (χ1) is 11.3. The molecule has 2 aromatic carbocycles. The van der Waals surface area contributed by atoms with Gasteiger partial charge in [-0.3, -0.25) is 4.79 Å². The first kappa shape index (κ1) is 16.7. The summed E-state index contributed by atoms with van der Waals surface area (Å²) >= 11 is 5.85. The summed E-state index contributed by atoms with van der Waals surface area (Å²) in [7, 11) is 1.54. The highest BCUT2D eigenvalue weighted by molar-refractivity contribution is 6.31. The van der Waals surface area contributed by atoms with Crippen LogP contribution in [0.2, 0.25) is 5.02 Å². The Kier molecular flexibility index (Phi) is 4.00. The monoisotopic (exact) mass is 350 g/mol. The van der Waals surface area contributed by atoms with Crippen LogP contribution in [-0.2, 0) is 10.2 Å². The number of likely N-dealkylation sites (N-methyl/N-ethyl adjacent to an activating group) is 1. The molecule has 0 bridgehead atoms. The predicted octanol–water partition coefficient (Wildman–Crippen LogP) is 4.16. The molecule has 1 unspecified atom stereocenters. The van der Waals surface area contributed by atoms with Gasteiger partial charge in [0, 0.05) is 24.2 Å². The van der Waals surface area contributed by atoms with Crippen LogP contribution in [0.15, 0.2) is 36.4 Å². The van der Waals surface area contributed by atoms with E-state index in [0.29, 0.717) is 5.69 Å². The van der Waals surface area contributed by atoms with Crippen molar-refractivity contribution in [2.24, 2.45) is 0 Å². The van der Waals surface area contributed by atoms with Gasteiger partial charge in [-0.05, 0) is 17.7 Å². The van der Waals surface area contributed by atoms with Gasteiger partial charge in [-0.15, -0.1) is 0 Å². The number of hydrogen-bond donors (Lipinski definition) is 1. The van der Waals surface area contributed by atoms with E-state index in [1.807, 2.05) is 38.1 Å². The summed E-state index contributed by atoms with van der Waals surface area (Å²) in [5.41, 5.74) is 1.13. The van der Waals surface area contributed by atoms with Gasteiger partial charge in [0.1, 0.15) is 17.7 Å². The number of anilines is 2. The lowest BCUT2D eigenvalue weighted by molar-refractivity contribution is -0.122. The molecule has 0 saturated carbocycles. The Balaban J connectivity index is 2.28. The Hall–Kier alpha value is -2.14. The molecule has 0 aliphatic carbocycles. The fourth-order valence-corrected chi connectivity index (χ4v) is 3.54. The molecule has 1 aliphatic heterocycles. The molecule has 0 fully saturated rings. The molecule has 3 nitrogen and oxygen atoms in total. The average Bonchev–Trinajstić information content (AvgIpc) is 2.78. The lowest BCUT2D eigenvalue weighted by Gasteiger charge is -2.33. The van der Waals surface area contributed by atoms with Crippen LogP contribution in [0, 0.1) is 11.6 Å². The lowest BCUT2D eigenvalue weighted by Crippen LogP contribution is -2.50. The second-order valence-corrected chi connectivity index (χ2v) is 6.75. The number of para-hydroxylation sites is 1. The molecule has 1 aliphatic rings. The summed E-state index contributed by atoms with van der Waals surface area (Å²) in [4.78, 5) is 14.2. The van der Waals surface area contributed by atoms with Crippen molar-refractivity contribution in [3.63, 3.8) is 0 Å². The smallest absolute Gasteiger partial charge is 0.243 e. The highest BCUT2D eigenvalue weighted by Gasteiger charge is 2.49. The fourth-order valence-electron chi connectivity index (χ4n) is 3.38. The predicted molar refractivity (Wildman–Crippen MR) is 90.8 cm³/mol. The van der Waals surface area contributed by atoms with Crippen LogP contribution in [0.25, 0.3) is 0 Å². The fraction of sp³-hybridized carbons (Fsp3) is 0.278. The van der Waals surface area contributed by atoms with Crippen LogP contribution in [-0.4, -0.2) is 19.0 Å². The average molecular weight is 351 g/mol. The summed E-state index contributed by atoms with van der Waals surface area (Å²) in [6.45, 7) is 3.85. The largest absolute Gasteiger partial charge is 0.357 e. The maximum absolute atomic E-state index is 14.5. The summed E-state index contributed by atoms with van der Waals surface area (Å²) in [5, 5.41) is 2.44. The van der Waals surface area contributed by atoms with E-state index in [4.69, 9.17) is 11.6 Å². The molecular formula is C18H17ClF2N2O. The highest BCUT2D eigenvalue weighted by atomic mass is 35.5. The number of halogens is 3. The van der Waals surface area contributed by atoms with E-state index in [9.17, 15) is 13.6 Å². The van der Waals surface area contributed by atoms with E-state index < -0.39 is 23.1 Å². The normalized spacial score (nSPS) is 18.4. The number of amides is 1. The summed E-state index contributed by atoms with van der Waals surface area (Å²) in [6.07, 6.45) is 0. The van der Waals surface area contributed by atoms with Crippen LogP contribution in [0.5, 0.6) is 0 Å². The van der Waals surface area contributed by atoms with Crippen molar-refractivity contribution in [3.8, 4) is 0 Å². The molecule has 0 aromatic heterocycles. The highest BCUT2D eigenvalue weighted by Crippen LogP contribution is 2.49. The third-order valence-corrected chi connectivity index (χ3v) is 4.83. The number of fused-ring (bicyclic) bond motifs is 1. The minimum absolute atomic E-state index is 0.0769.